The molecule has 132 valence electrons. The lowest BCUT2D eigenvalue weighted by atomic mass is 10.1. The van der Waals surface area contributed by atoms with E-state index in [0.717, 1.165) is 36.6 Å². The van der Waals surface area contributed by atoms with E-state index in [1.807, 2.05) is 24.3 Å². The molecule has 2 aromatic rings. The number of nitrogens with zero attached hydrogens (tertiary/aromatic N) is 1. The van der Waals surface area contributed by atoms with E-state index in [2.05, 4.69) is 10.2 Å². The van der Waals surface area contributed by atoms with Crippen LogP contribution in [-0.2, 0) is 16.0 Å². The highest BCUT2D eigenvalue weighted by atomic mass is 19.2. The quantitative estimate of drug-likeness (QED) is 0.902. The lowest BCUT2D eigenvalue weighted by molar-refractivity contribution is -0.116. The van der Waals surface area contributed by atoms with E-state index in [0.29, 0.717) is 25.2 Å². The molecule has 1 saturated heterocycles. The zero-order valence-corrected chi connectivity index (χ0v) is 13.8. The van der Waals surface area contributed by atoms with Crippen LogP contribution in [-0.4, -0.2) is 32.2 Å². The fraction of sp³-hybridized carbons (Fsp3) is 0.316. The Morgan fingerprint density at radius 2 is 1.88 bits per heavy atom. The molecule has 3 rings (SSSR count). The second-order valence-electron chi connectivity index (χ2n) is 5.95. The molecule has 0 radical (unpaired) electrons. The number of ether oxygens (including phenoxy) is 1. The number of benzene rings is 2. The van der Waals surface area contributed by atoms with Gasteiger partial charge in [-0.1, -0.05) is 12.1 Å². The molecule has 1 aliphatic heterocycles. The molecule has 0 unspecified atom stereocenters. The third kappa shape index (κ3) is 4.76. The van der Waals surface area contributed by atoms with Gasteiger partial charge in [0.1, 0.15) is 0 Å². The first-order valence-electron chi connectivity index (χ1n) is 8.28. The van der Waals surface area contributed by atoms with Gasteiger partial charge in [-0.25, -0.2) is 8.78 Å². The van der Waals surface area contributed by atoms with E-state index in [-0.39, 0.29) is 12.3 Å². The highest BCUT2D eigenvalue weighted by Gasteiger charge is 2.12. The summed E-state index contributed by atoms with van der Waals surface area (Å²) in [5.41, 5.74) is 2.36. The Morgan fingerprint density at radius 3 is 2.64 bits per heavy atom. The average Bonchev–Trinajstić information content (AvgIpc) is 2.64. The van der Waals surface area contributed by atoms with Crippen LogP contribution in [0.25, 0.3) is 0 Å². The first-order valence-corrected chi connectivity index (χ1v) is 8.28. The fourth-order valence-electron chi connectivity index (χ4n) is 2.78. The highest BCUT2D eigenvalue weighted by Crippen LogP contribution is 2.21. The summed E-state index contributed by atoms with van der Waals surface area (Å²) in [7, 11) is 0. The number of rotatable bonds is 5. The van der Waals surface area contributed by atoms with Crippen molar-refractivity contribution in [1.82, 2.24) is 0 Å². The molecule has 0 aliphatic carbocycles. The summed E-state index contributed by atoms with van der Waals surface area (Å²) < 4.78 is 31.4. The molecular formula is C19H20F2N2O2. The Bertz CT molecular complexity index is 746. The number of morpholine rings is 1. The zero-order valence-electron chi connectivity index (χ0n) is 13.8. The summed E-state index contributed by atoms with van der Waals surface area (Å²) in [5, 5.41) is 2.85. The molecule has 1 heterocycles. The van der Waals surface area contributed by atoms with E-state index in [9.17, 15) is 13.6 Å². The largest absolute Gasteiger partial charge is 0.378 e. The summed E-state index contributed by atoms with van der Waals surface area (Å²) in [6.07, 6.45) is 0.555. The summed E-state index contributed by atoms with van der Waals surface area (Å²) in [4.78, 5) is 14.3. The van der Waals surface area contributed by atoms with E-state index in [1.165, 1.54) is 6.07 Å². The summed E-state index contributed by atoms with van der Waals surface area (Å²) in [6.45, 7) is 3.05. The van der Waals surface area contributed by atoms with Crippen molar-refractivity contribution in [2.75, 3.05) is 36.5 Å². The van der Waals surface area contributed by atoms with Crippen LogP contribution in [0.15, 0.2) is 42.5 Å². The number of hydrogen-bond acceptors (Lipinski definition) is 3. The predicted octanol–water partition coefficient (Wildman–Crippen LogP) is 3.37. The standard InChI is InChI=1S/C19H20F2N2O2/c20-17-6-4-14(12-18(17)21)5-7-19(24)22-15-2-1-3-16(13-15)23-8-10-25-11-9-23/h1-4,6,12-13H,5,7-11H2,(H,22,24). The van der Waals surface area contributed by atoms with Crippen molar-refractivity contribution in [3.05, 3.63) is 59.7 Å². The topological polar surface area (TPSA) is 41.6 Å². The van der Waals surface area contributed by atoms with Crippen molar-refractivity contribution < 1.29 is 18.3 Å². The number of anilines is 2. The summed E-state index contributed by atoms with van der Waals surface area (Å²) in [6, 6.07) is 11.4. The van der Waals surface area contributed by atoms with Crippen molar-refractivity contribution in [2.24, 2.45) is 0 Å². The molecule has 0 aromatic heterocycles. The zero-order chi connectivity index (χ0) is 17.6. The molecule has 1 fully saturated rings. The molecular weight excluding hydrogens is 326 g/mol. The highest BCUT2D eigenvalue weighted by molar-refractivity contribution is 5.91. The Labute approximate surface area is 145 Å². The maximum Gasteiger partial charge on any atom is 0.224 e. The maximum absolute atomic E-state index is 13.2. The lowest BCUT2D eigenvalue weighted by Crippen LogP contribution is -2.36. The molecule has 0 atom stereocenters. The van der Waals surface area contributed by atoms with Crippen molar-refractivity contribution in [3.63, 3.8) is 0 Å². The van der Waals surface area contributed by atoms with Crippen LogP contribution >= 0.6 is 0 Å². The summed E-state index contributed by atoms with van der Waals surface area (Å²) in [5.74, 6) is -1.94. The minimum absolute atomic E-state index is 0.163. The van der Waals surface area contributed by atoms with Gasteiger partial charge in [0, 0.05) is 30.9 Å². The van der Waals surface area contributed by atoms with Gasteiger partial charge < -0.3 is 15.0 Å². The molecule has 0 spiro atoms. The van der Waals surface area contributed by atoms with Crippen LogP contribution < -0.4 is 10.2 Å². The maximum atomic E-state index is 13.2. The van der Waals surface area contributed by atoms with Crippen molar-refractivity contribution in [2.45, 2.75) is 12.8 Å². The Morgan fingerprint density at radius 1 is 1.08 bits per heavy atom. The second-order valence-corrected chi connectivity index (χ2v) is 5.95. The molecule has 4 nitrogen and oxygen atoms in total. The first kappa shape index (κ1) is 17.4. The van der Waals surface area contributed by atoms with Gasteiger partial charge in [-0.05, 0) is 42.3 Å². The fourth-order valence-corrected chi connectivity index (χ4v) is 2.78. The normalized spacial score (nSPS) is 14.4. The Kier molecular flexibility index (Phi) is 5.60. The van der Waals surface area contributed by atoms with Gasteiger partial charge in [0.15, 0.2) is 11.6 Å². The van der Waals surface area contributed by atoms with Crippen LogP contribution in [0.5, 0.6) is 0 Å². The summed E-state index contributed by atoms with van der Waals surface area (Å²) >= 11 is 0. The van der Waals surface area contributed by atoms with Crippen LogP contribution in [0, 0.1) is 11.6 Å². The molecule has 1 N–H and O–H groups in total. The molecule has 1 aliphatic rings. The minimum Gasteiger partial charge on any atom is -0.378 e. The molecule has 1 amide bonds. The number of aryl methyl sites for hydroxylation is 1. The van der Waals surface area contributed by atoms with Gasteiger partial charge in [0.2, 0.25) is 5.91 Å². The van der Waals surface area contributed by atoms with Crippen LogP contribution in [0.4, 0.5) is 20.2 Å². The molecule has 2 aromatic carbocycles. The van der Waals surface area contributed by atoms with E-state index in [4.69, 9.17) is 4.74 Å². The van der Waals surface area contributed by atoms with Gasteiger partial charge in [-0.3, -0.25) is 4.79 Å². The van der Waals surface area contributed by atoms with Crippen LogP contribution in [0.1, 0.15) is 12.0 Å². The number of amides is 1. The van der Waals surface area contributed by atoms with Crippen LogP contribution in [0.3, 0.4) is 0 Å². The van der Waals surface area contributed by atoms with E-state index >= 15 is 0 Å². The predicted molar refractivity (Wildman–Crippen MR) is 92.8 cm³/mol. The molecule has 6 heteroatoms. The van der Waals surface area contributed by atoms with E-state index in [1.54, 1.807) is 0 Å². The average molecular weight is 346 g/mol. The minimum atomic E-state index is -0.892. The number of carbonyl (C=O) groups excluding carboxylic acids is 1. The first-order chi connectivity index (χ1) is 12.1. The molecule has 25 heavy (non-hydrogen) atoms. The SMILES string of the molecule is O=C(CCc1ccc(F)c(F)c1)Nc1cccc(N2CCOCC2)c1. The van der Waals surface area contributed by atoms with Crippen LogP contribution in [0.2, 0.25) is 0 Å². The van der Waals surface area contributed by atoms with Gasteiger partial charge >= 0.3 is 0 Å². The Hall–Kier alpha value is -2.47. The number of hydrogen-bond donors (Lipinski definition) is 1. The molecule has 0 saturated carbocycles. The van der Waals surface area contributed by atoms with Gasteiger partial charge in [0.05, 0.1) is 13.2 Å². The number of halogens is 2. The molecule has 0 bridgehead atoms. The second kappa shape index (κ2) is 8.07. The van der Waals surface area contributed by atoms with E-state index < -0.39 is 11.6 Å². The van der Waals surface area contributed by atoms with Gasteiger partial charge in [-0.15, -0.1) is 0 Å². The Balaban J connectivity index is 1.56. The number of carbonyl (C=O) groups is 1. The van der Waals surface area contributed by atoms with Crippen molar-refractivity contribution in [1.29, 1.82) is 0 Å². The smallest absolute Gasteiger partial charge is 0.224 e. The van der Waals surface area contributed by atoms with Crippen molar-refractivity contribution in [3.8, 4) is 0 Å². The third-order valence-electron chi connectivity index (χ3n) is 4.13. The third-order valence-corrected chi connectivity index (χ3v) is 4.13. The van der Waals surface area contributed by atoms with Gasteiger partial charge in [0.25, 0.3) is 0 Å². The lowest BCUT2D eigenvalue weighted by Gasteiger charge is -2.29. The van der Waals surface area contributed by atoms with Crippen molar-refractivity contribution >= 4 is 17.3 Å². The monoisotopic (exact) mass is 346 g/mol. The van der Waals surface area contributed by atoms with Gasteiger partial charge in [-0.2, -0.15) is 0 Å². The number of nitrogens with one attached hydrogen (secondary N) is 1.